The summed E-state index contributed by atoms with van der Waals surface area (Å²) in [4.78, 5) is 31.4. The molecular formula is C19H16N4O2S3. The Morgan fingerprint density at radius 3 is 2.89 bits per heavy atom. The van der Waals surface area contributed by atoms with Gasteiger partial charge in [0.1, 0.15) is 5.01 Å². The van der Waals surface area contributed by atoms with Crippen molar-refractivity contribution in [3.05, 3.63) is 73.8 Å². The molecule has 3 aromatic heterocycles. The molecule has 4 rings (SSSR count). The van der Waals surface area contributed by atoms with Crippen LogP contribution >= 0.6 is 34.4 Å². The average molecular weight is 429 g/mol. The first-order chi connectivity index (χ1) is 13.6. The maximum absolute atomic E-state index is 12.4. The molecule has 0 fully saturated rings. The maximum atomic E-state index is 12.4. The third kappa shape index (κ3) is 4.01. The molecule has 0 saturated carbocycles. The SMILES string of the molecule is CCc1nn2c(=O)cc(CSc3ccccc3NC(=O)c3cccs3)nc2s1. The third-order valence-electron chi connectivity index (χ3n) is 3.90. The molecule has 9 heteroatoms. The number of nitrogens with zero attached hydrogens (tertiary/aromatic N) is 3. The molecule has 0 unspecified atom stereocenters. The van der Waals surface area contributed by atoms with Gasteiger partial charge in [0.05, 0.1) is 16.3 Å². The molecular weight excluding hydrogens is 412 g/mol. The van der Waals surface area contributed by atoms with Gasteiger partial charge in [-0.1, -0.05) is 36.5 Å². The second-order valence-corrected chi connectivity index (χ2v) is 8.85. The Morgan fingerprint density at radius 2 is 2.11 bits per heavy atom. The van der Waals surface area contributed by atoms with Gasteiger partial charge in [-0.3, -0.25) is 9.59 Å². The van der Waals surface area contributed by atoms with Crippen LogP contribution < -0.4 is 10.9 Å². The fourth-order valence-corrected chi connectivity index (χ4v) is 4.93. The van der Waals surface area contributed by atoms with Crippen LogP contribution in [0.25, 0.3) is 4.96 Å². The van der Waals surface area contributed by atoms with Gasteiger partial charge in [0, 0.05) is 16.7 Å². The number of carbonyl (C=O) groups is 1. The van der Waals surface area contributed by atoms with Gasteiger partial charge in [-0.25, -0.2) is 4.98 Å². The molecule has 1 amide bonds. The van der Waals surface area contributed by atoms with Crippen molar-refractivity contribution in [1.29, 1.82) is 0 Å². The van der Waals surface area contributed by atoms with Crippen molar-refractivity contribution in [2.24, 2.45) is 0 Å². The largest absolute Gasteiger partial charge is 0.320 e. The Labute approximate surface area is 173 Å². The number of anilines is 1. The van der Waals surface area contributed by atoms with Gasteiger partial charge in [-0.05, 0) is 30.0 Å². The number of hydrogen-bond donors (Lipinski definition) is 1. The Bertz CT molecular complexity index is 1180. The van der Waals surface area contributed by atoms with Crippen LogP contribution in [0.15, 0.2) is 57.5 Å². The summed E-state index contributed by atoms with van der Waals surface area (Å²) in [5.74, 6) is 0.398. The van der Waals surface area contributed by atoms with Crippen LogP contribution in [0.2, 0.25) is 0 Å². The molecule has 4 aromatic rings. The van der Waals surface area contributed by atoms with E-state index in [1.54, 1.807) is 6.07 Å². The van der Waals surface area contributed by atoms with Gasteiger partial charge in [-0.15, -0.1) is 23.1 Å². The van der Waals surface area contributed by atoms with Crippen molar-refractivity contribution in [1.82, 2.24) is 14.6 Å². The number of aromatic nitrogens is 3. The summed E-state index contributed by atoms with van der Waals surface area (Å²) in [5.41, 5.74) is 1.27. The van der Waals surface area contributed by atoms with E-state index in [4.69, 9.17) is 0 Å². The molecule has 1 aromatic carbocycles. The predicted molar refractivity (Wildman–Crippen MR) is 115 cm³/mol. The lowest BCUT2D eigenvalue weighted by atomic mass is 10.3. The fourth-order valence-electron chi connectivity index (χ4n) is 2.55. The predicted octanol–water partition coefficient (Wildman–Crippen LogP) is 4.32. The molecule has 0 radical (unpaired) electrons. The third-order valence-corrected chi connectivity index (χ3v) is 6.93. The Morgan fingerprint density at radius 1 is 1.25 bits per heavy atom. The fraction of sp³-hybridized carbons (Fsp3) is 0.158. The Kier molecular flexibility index (Phi) is 5.56. The van der Waals surface area contributed by atoms with Gasteiger partial charge in [0.15, 0.2) is 0 Å². The molecule has 6 nitrogen and oxygen atoms in total. The summed E-state index contributed by atoms with van der Waals surface area (Å²) in [5, 5.41) is 9.99. The highest BCUT2D eigenvalue weighted by molar-refractivity contribution is 7.98. The lowest BCUT2D eigenvalue weighted by Crippen LogP contribution is -2.15. The van der Waals surface area contributed by atoms with E-state index in [9.17, 15) is 9.59 Å². The van der Waals surface area contributed by atoms with Crippen LogP contribution in [-0.4, -0.2) is 20.5 Å². The van der Waals surface area contributed by atoms with Crippen LogP contribution in [-0.2, 0) is 12.2 Å². The average Bonchev–Trinajstić information content (AvgIpc) is 3.37. The number of amides is 1. The van der Waals surface area contributed by atoms with Gasteiger partial charge >= 0.3 is 0 Å². The lowest BCUT2D eigenvalue weighted by molar-refractivity contribution is 0.103. The van der Waals surface area contributed by atoms with E-state index in [2.05, 4.69) is 15.4 Å². The first-order valence-corrected chi connectivity index (χ1v) is 11.3. The monoisotopic (exact) mass is 428 g/mol. The highest BCUT2D eigenvalue weighted by Crippen LogP contribution is 2.30. The second-order valence-electron chi connectivity index (χ2n) is 5.85. The van der Waals surface area contributed by atoms with E-state index in [-0.39, 0.29) is 11.5 Å². The molecule has 3 heterocycles. The number of thiophene rings is 1. The Balaban J connectivity index is 1.53. The molecule has 0 aliphatic heterocycles. The van der Waals surface area contributed by atoms with Crippen LogP contribution in [0.1, 0.15) is 27.3 Å². The first kappa shape index (κ1) is 18.9. The Hall–Kier alpha value is -2.49. The number of benzene rings is 1. The number of nitrogens with one attached hydrogen (secondary N) is 1. The van der Waals surface area contributed by atoms with Crippen molar-refractivity contribution in [2.45, 2.75) is 24.0 Å². The number of carbonyl (C=O) groups excluding carboxylic acids is 1. The van der Waals surface area contributed by atoms with E-state index >= 15 is 0 Å². The first-order valence-electron chi connectivity index (χ1n) is 8.59. The van der Waals surface area contributed by atoms with E-state index in [0.29, 0.717) is 21.3 Å². The molecule has 28 heavy (non-hydrogen) atoms. The zero-order valence-corrected chi connectivity index (χ0v) is 17.4. The summed E-state index contributed by atoms with van der Waals surface area (Å²) in [7, 11) is 0. The molecule has 1 N–H and O–H groups in total. The molecule has 0 saturated heterocycles. The zero-order chi connectivity index (χ0) is 19.5. The standard InChI is InChI=1S/C19H16N4O2S3/c1-2-16-22-23-17(24)10-12(20-19(23)28-16)11-27-14-7-4-3-6-13(14)21-18(25)15-8-5-9-26-15/h3-10H,2,11H2,1H3,(H,21,25). The number of para-hydroxylation sites is 1. The summed E-state index contributed by atoms with van der Waals surface area (Å²) < 4.78 is 1.35. The summed E-state index contributed by atoms with van der Waals surface area (Å²) >= 11 is 4.37. The van der Waals surface area contributed by atoms with Crippen molar-refractivity contribution >= 4 is 51.0 Å². The van der Waals surface area contributed by atoms with Crippen LogP contribution in [0.3, 0.4) is 0 Å². The molecule has 0 atom stereocenters. The maximum Gasteiger partial charge on any atom is 0.275 e. The van der Waals surface area contributed by atoms with Crippen molar-refractivity contribution in [2.75, 3.05) is 5.32 Å². The quantitative estimate of drug-likeness (QED) is 0.463. The second kappa shape index (κ2) is 8.26. The summed E-state index contributed by atoms with van der Waals surface area (Å²) in [6, 6.07) is 12.8. The molecule has 142 valence electrons. The minimum absolute atomic E-state index is 0.127. The number of thioether (sulfide) groups is 1. The van der Waals surface area contributed by atoms with Gasteiger partial charge in [0.25, 0.3) is 11.5 Å². The number of fused-ring (bicyclic) bond motifs is 1. The summed E-state index contributed by atoms with van der Waals surface area (Å²) in [6.07, 6.45) is 0.773. The minimum Gasteiger partial charge on any atom is -0.320 e. The highest BCUT2D eigenvalue weighted by atomic mass is 32.2. The van der Waals surface area contributed by atoms with E-state index in [0.717, 1.165) is 22.0 Å². The van der Waals surface area contributed by atoms with Gasteiger partial charge in [0.2, 0.25) is 4.96 Å². The molecule has 0 spiro atoms. The number of hydrogen-bond acceptors (Lipinski definition) is 7. The minimum atomic E-state index is -0.171. The molecule has 0 aliphatic rings. The topological polar surface area (TPSA) is 76.4 Å². The highest BCUT2D eigenvalue weighted by Gasteiger charge is 2.12. The molecule has 0 bridgehead atoms. The van der Waals surface area contributed by atoms with Crippen LogP contribution in [0, 0.1) is 0 Å². The number of aryl methyl sites for hydroxylation is 1. The summed E-state index contributed by atoms with van der Waals surface area (Å²) in [6.45, 7) is 2.00. The lowest BCUT2D eigenvalue weighted by Gasteiger charge is -2.10. The zero-order valence-electron chi connectivity index (χ0n) is 14.9. The van der Waals surface area contributed by atoms with E-state index in [1.165, 1.54) is 45.0 Å². The van der Waals surface area contributed by atoms with Crippen molar-refractivity contribution < 1.29 is 4.79 Å². The van der Waals surface area contributed by atoms with E-state index in [1.807, 2.05) is 42.6 Å². The van der Waals surface area contributed by atoms with Gasteiger partial charge < -0.3 is 5.32 Å². The van der Waals surface area contributed by atoms with Gasteiger partial charge in [-0.2, -0.15) is 9.61 Å². The van der Waals surface area contributed by atoms with Crippen LogP contribution in [0.4, 0.5) is 5.69 Å². The normalized spacial score (nSPS) is 11.0. The van der Waals surface area contributed by atoms with Crippen molar-refractivity contribution in [3.8, 4) is 0 Å². The van der Waals surface area contributed by atoms with Crippen LogP contribution in [0.5, 0.6) is 0 Å². The number of rotatable bonds is 6. The smallest absolute Gasteiger partial charge is 0.275 e. The van der Waals surface area contributed by atoms with E-state index < -0.39 is 0 Å². The molecule has 0 aliphatic carbocycles. The van der Waals surface area contributed by atoms with Crippen molar-refractivity contribution in [3.63, 3.8) is 0 Å².